The van der Waals surface area contributed by atoms with E-state index in [9.17, 15) is 4.57 Å². The van der Waals surface area contributed by atoms with Crippen LogP contribution >= 0.6 is 7.29 Å². The Hall–Kier alpha value is -1.37. The van der Waals surface area contributed by atoms with Crippen LogP contribution in [0.1, 0.15) is 51.9 Å². The predicted octanol–water partition coefficient (Wildman–Crippen LogP) is 5.35. The van der Waals surface area contributed by atoms with Gasteiger partial charge in [-0.2, -0.15) is 0 Å². The van der Waals surface area contributed by atoms with Crippen LogP contribution in [0.4, 0.5) is 0 Å². The minimum Gasteiger partial charge on any atom is -0.296 e. The van der Waals surface area contributed by atoms with Gasteiger partial charge in [0.25, 0.3) is 0 Å². The Morgan fingerprint density at radius 2 is 1.40 bits per heavy atom. The fourth-order valence-corrected chi connectivity index (χ4v) is 7.12. The molecule has 0 heterocycles. The first-order valence-corrected chi connectivity index (χ1v) is 11.4. The highest BCUT2D eigenvalue weighted by atomic mass is 31.2. The lowest BCUT2D eigenvalue weighted by Crippen LogP contribution is -2.41. The Morgan fingerprint density at radius 1 is 0.880 bits per heavy atom. The molecule has 0 N–H and O–H groups in total. The van der Waals surface area contributed by atoms with Gasteiger partial charge in [0, 0.05) is 23.2 Å². The Balaban J connectivity index is 2.08. The molecule has 0 radical (unpaired) electrons. The number of hydrogen-bond acceptors (Lipinski definition) is 1. The third-order valence-corrected chi connectivity index (χ3v) is 8.56. The van der Waals surface area contributed by atoms with E-state index in [4.69, 9.17) is 0 Å². The van der Waals surface area contributed by atoms with Crippen LogP contribution in [-0.2, 0) is 4.57 Å². The lowest BCUT2D eigenvalue weighted by atomic mass is 9.95. The average Bonchev–Trinajstić information content (AvgIpc) is 2.70. The molecule has 1 aliphatic rings. The van der Waals surface area contributed by atoms with Crippen molar-refractivity contribution < 1.29 is 4.57 Å². The Labute approximate surface area is 152 Å². The first-order valence-electron chi connectivity index (χ1n) is 9.75. The van der Waals surface area contributed by atoms with Crippen LogP contribution in [0.25, 0.3) is 0 Å². The van der Waals surface area contributed by atoms with E-state index in [2.05, 4.69) is 35.9 Å². The molecule has 134 valence electrons. The quantitative estimate of drug-likeness (QED) is 0.624. The van der Waals surface area contributed by atoms with E-state index in [1.54, 1.807) is 0 Å². The molecule has 0 spiro atoms. The molecule has 1 saturated carbocycles. The normalized spacial score (nSPS) is 16.2. The summed E-state index contributed by atoms with van der Waals surface area (Å²) in [5, 5.41) is 1.95. The monoisotopic (exact) mass is 355 g/mol. The third-order valence-electron chi connectivity index (χ3n) is 5.31. The second-order valence-corrected chi connectivity index (χ2v) is 9.75. The van der Waals surface area contributed by atoms with E-state index in [0.717, 1.165) is 30.0 Å². The fraction of sp³-hybridized carbons (Fsp3) is 0.455. The van der Waals surface area contributed by atoms with Crippen molar-refractivity contribution in [2.45, 2.75) is 57.9 Å². The molecule has 0 amide bonds. The van der Waals surface area contributed by atoms with Gasteiger partial charge in [-0.1, -0.05) is 69.0 Å². The van der Waals surface area contributed by atoms with Crippen LogP contribution in [-0.4, -0.2) is 17.3 Å². The summed E-state index contributed by atoms with van der Waals surface area (Å²) in [6.45, 7) is 3.14. The lowest BCUT2D eigenvalue weighted by Gasteiger charge is -2.40. The van der Waals surface area contributed by atoms with E-state index in [-0.39, 0.29) is 0 Å². The Kier molecular flexibility index (Phi) is 6.51. The SMILES string of the molecule is CCCCN(C1CCCCC1)P(=O)(c1ccccc1)c1ccccc1. The van der Waals surface area contributed by atoms with Gasteiger partial charge in [0.05, 0.1) is 0 Å². The molecule has 2 aromatic carbocycles. The largest absolute Gasteiger partial charge is 0.296 e. The van der Waals surface area contributed by atoms with Crippen molar-refractivity contribution in [2.24, 2.45) is 0 Å². The highest BCUT2D eigenvalue weighted by Crippen LogP contribution is 2.50. The van der Waals surface area contributed by atoms with Crippen molar-refractivity contribution in [1.29, 1.82) is 0 Å². The molecule has 0 atom stereocenters. The molecule has 2 aromatic rings. The maximum atomic E-state index is 14.6. The van der Waals surface area contributed by atoms with Crippen molar-refractivity contribution in [3.05, 3.63) is 60.7 Å². The fourth-order valence-electron chi connectivity index (χ4n) is 3.96. The molecule has 25 heavy (non-hydrogen) atoms. The minimum atomic E-state index is -2.80. The van der Waals surface area contributed by atoms with Gasteiger partial charge in [-0.15, -0.1) is 0 Å². The molecular weight excluding hydrogens is 325 g/mol. The van der Waals surface area contributed by atoms with Gasteiger partial charge in [-0.3, -0.25) is 4.57 Å². The van der Waals surface area contributed by atoms with Crippen LogP contribution in [0.15, 0.2) is 60.7 Å². The van der Waals surface area contributed by atoms with Crippen molar-refractivity contribution in [2.75, 3.05) is 6.54 Å². The van der Waals surface area contributed by atoms with Gasteiger partial charge in [0.15, 0.2) is 0 Å². The summed E-state index contributed by atoms with van der Waals surface area (Å²) in [7, 11) is -2.80. The molecule has 2 nitrogen and oxygen atoms in total. The van der Waals surface area contributed by atoms with Crippen LogP contribution < -0.4 is 10.6 Å². The second kappa shape index (κ2) is 8.83. The van der Waals surface area contributed by atoms with E-state index in [0.29, 0.717) is 6.04 Å². The maximum Gasteiger partial charge on any atom is 0.207 e. The standard InChI is InChI=1S/C22H30NOP/c1-2-3-19-23(20-13-7-4-8-14-20)25(24,21-15-9-5-10-16-21)22-17-11-6-12-18-22/h5-6,9-12,15-18,20H,2-4,7-8,13-14,19H2,1H3. The van der Waals surface area contributed by atoms with E-state index < -0.39 is 7.29 Å². The van der Waals surface area contributed by atoms with Crippen molar-refractivity contribution in [1.82, 2.24) is 4.67 Å². The summed E-state index contributed by atoms with van der Waals surface area (Å²) in [5.74, 6) is 0. The molecule has 0 aromatic heterocycles. The molecule has 0 unspecified atom stereocenters. The van der Waals surface area contributed by atoms with E-state index >= 15 is 0 Å². The smallest absolute Gasteiger partial charge is 0.207 e. The zero-order valence-corrected chi connectivity index (χ0v) is 16.2. The number of hydrogen-bond donors (Lipinski definition) is 0. The van der Waals surface area contributed by atoms with Gasteiger partial charge in [-0.25, -0.2) is 4.67 Å². The summed E-state index contributed by atoms with van der Waals surface area (Å²) in [5.41, 5.74) is 0. The van der Waals surface area contributed by atoms with Gasteiger partial charge in [-0.05, 0) is 43.5 Å². The number of unbranched alkanes of at least 4 members (excludes halogenated alkanes) is 1. The zero-order valence-electron chi connectivity index (χ0n) is 15.3. The molecule has 0 bridgehead atoms. The van der Waals surface area contributed by atoms with Crippen molar-refractivity contribution >= 4 is 17.9 Å². The van der Waals surface area contributed by atoms with Crippen LogP contribution in [0.5, 0.6) is 0 Å². The third kappa shape index (κ3) is 4.07. The first-order chi connectivity index (χ1) is 12.3. The van der Waals surface area contributed by atoms with E-state index in [1.165, 1.54) is 32.1 Å². The Bertz CT molecular complexity index is 636. The number of nitrogens with zero attached hydrogens (tertiary/aromatic N) is 1. The average molecular weight is 355 g/mol. The summed E-state index contributed by atoms with van der Waals surface area (Å²) < 4.78 is 17.0. The molecule has 1 fully saturated rings. The molecular formula is C22H30NOP. The molecule has 3 heteroatoms. The van der Waals surface area contributed by atoms with Gasteiger partial charge < -0.3 is 0 Å². The number of rotatable bonds is 7. The Morgan fingerprint density at radius 3 is 1.88 bits per heavy atom. The van der Waals surface area contributed by atoms with Gasteiger partial charge in [0.1, 0.15) is 0 Å². The molecule has 3 rings (SSSR count). The van der Waals surface area contributed by atoms with Gasteiger partial charge in [0.2, 0.25) is 7.29 Å². The van der Waals surface area contributed by atoms with Crippen LogP contribution in [0.3, 0.4) is 0 Å². The first kappa shape index (κ1) is 18.4. The highest BCUT2D eigenvalue weighted by Gasteiger charge is 2.38. The van der Waals surface area contributed by atoms with Crippen LogP contribution in [0, 0.1) is 0 Å². The zero-order chi connectivity index (χ0) is 17.5. The molecule has 0 saturated heterocycles. The maximum absolute atomic E-state index is 14.6. The minimum absolute atomic E-state index is 0.437. The summed E-state index contributed by atoms with van der Waals surface area (Å²) in [4.78, 5) is 0. The van der Waals surface area contributed by atoms with Gasteiger partial charge >= 0.3 is 0 Å². The molecule has 0 aliphatic heterocycles. The summed E-state index contributed by atoms with van der Waals surface area (Å²) in [6, 6.07) is 20.7. The predicted molar refractivity (Wildman–Crippen MR) is 108 cm³/mol. The summed E-state index contributed by atoms with van der Waals surface area (Å²) >= 11 is 0. The highest BCUT2D eigenvalue weighted by molar-refractivity contribution is 7.76. The molecule has 1 aliphatic carbocycles. The number of benzene rings is 2. The van der Waals surface area contributed by atoms with Crippen molar-refractivity contribution in [3.63, 3.8) is 0 Å². The van der Waals surface area contributed by atoms with Crippen molar-refractivity contribution in [3.8, 4) is 0 Å². The van der Waals surface area contributed by atoms with E-state index in [1.807, 2.05) is 36.4 Å². The summed E-state index contributed by atoms with van der Waals surface area (Å²) in [6.07, 6.45) is 8.42. The lowest BCUT2D eigenvalue weighted by molar-refractivity contribution is 0.253. The topological polar surface area (TPSA) is 20.3 Å². The van der Waals surface area contributed by atoms with Crippen LogP contribution in [0.2, 0.25) is 0 Å². The second-order valence-electron chi connectivity index (χ2n) is 7.06.